The highest BCUT2D eigenvalue weighted by molar-refractivity contribution is 8.00. The lowest BCUT2D eigenvalue weighted by atomic mass is 10.1. The number of rotatable bonds is 5. The minimum Gasteiger partial charge on any atom is -0.481 e. The molecule has 6 heteroatoms. The van der Waals surface area contributed by atoms with Crippen LogP contribution in [0.1, 0.15) is 10.4 Å². The first-order valence-electron chi connectivity index (χ1n) is 4.28. The fraction of sp³-hybridized carbons (Fsp3) is 0.200. The average molecular weight is 263 g/mol. The molecule has 0 atom stereocenters. The summed E-state index contributed by atoms with van der Waals surface area (Å²) in [5.74, 6) is -1.94. The number of halogens is 2. The van der Waals surface area contributed by atoms with Crippen molar-refractivity contribution in [3.8, 4) is 0 Å². The Balaban J connectivity index is 2.59. The molecule has 0 bridgehead atoms. The van der Waals surface area contributed by atoms with Crippen molar-refractivity contribution in [2.45, 2.75) is 0 Å². The molecule has 0 fully saturated rings. The molecule has 0 radical (unpaired) electrons. The molecule has 0 aliphatic carbocycles. The number of carboxylic acid groups (broad SMARTS) is 1. The first kappa shape index (κ1) is 13.0. The third kappa shape index (κ3) is 3.83. The van der Waals surface area contributed by atoms with Gasteiger partial charge in [0.05, 0.1) is 16.5 Å². The van der Waals surface area contributed by atoms with E-state index in [1.807, 2.05) is 0 Å². The minimum absolute atomic E-state index is 0.0360. The van der Waals surface area contributed by atoms with Gasteiger partial charge in [0, 0.05) is 5.56 Å². The Hall–Kier alpha value is -1.07. The van der Waals surface area contributed by atoms with E-state index in [1.165, 1.54) is 12.1 Å². The normalized spacial score (nSPS) is 10.1. The van der Waals surface area contributed by atoms with Crippen LogP contribution in [0.4, 0.5) is 4.39 Å². The Labute approximate surface area is 101 Å². The molecule has 0 unspecified atom stereocenters. The monoisotopic (exact) mass is 262 g/mol. The molecule has 3 nitrogen and oxygen atoms in total. The lowest BCUT2D eigenvalue weighted by Crippen LogP contribution is -2.06. The van der Waals surface area contributed by atoms with Crippen LogP contribution in [0.15, 0.2) is 18.2 Å². The van der Waals surface area contributed by atoms with E-state index in [4.69, 9.17) is 16.7 Å². The third-order valence-corrected chi connectivity index (χ3v) is 2.91. The smallest absolute Gasteiger partial charge is 0.313 e. The predicted molar refractivity (Wildman–Crippen MR) is 60.7 cm³/mol. The second-order valence-electron chi connectivity index (χ2n) is 2.94. The molecule has 16 heavy (non-hydrogen) atoms. The van der Waals surface area contributed by atoms with E-state index in [2.05, 4.69) is 0 Å². The van der Waals surface area contributed by atoms with Crippen molar-refractivity contribution in [2.75, 3.05) is 11.5 Å². The average Bonchev–Trinajstić information content (AvgIpc) is 2.21. The molecule has 0 saturated heterocycles. The van der Waals surface area contributed by atoms with Crippen LogP contribution < -0.4 is 0 Å². The highest BCUT2D eigenvalue weighted by Gasteiger charge is 2.09. The van der Waals surface area contributed by atoms with E-state index in [-0.39, 0.29) is 27.9 Å². The van der Waals surface area contributed by atoms with Crippen LogP contribution in [0.2, 0.25) is 5.02 Å². The van der Waals surface area contributed by atoms with Gasteiger partial charge in [-0.05, 0) is 18.2 Å². The minimum atomic E-state index is -0.977. The molecule has 1 aromatic carbocycles. The van der Waals surface area contributed by atoms with Gasteiger partial charge < -0.3 is 5.11 Å². The van der Waals surface area contributed by atoms with Crippen molar-refractivity contribution in [3.05, 3.63) is 34.6 Å². The molecule has 1 rings (SSSR count). The number of carboxylic acids is 1. The van der Waals surface area contributed by atoms with Crippen LogP contribution in [0, 0.1) is 5.82 Å². The lowest BCUT2D eigenvalue weighted by Gasteiger charge is -2.01. The quantitative estimate of drug-likeness (QED) is 0.829. The first-order chi connectivity index (χ1) is 7.50. The van der Waals surface area contributed by atoms with Gasteiger partial charge in [-0.15, -0.1) is 11.8 Å². The van der Waals surface area contributed by atoms with Gasteiger partial charge >= 0.3 is 5.97 Å². The molecule has 0 saturated carbocycles. The van der Waals surface area contributed by atoms with Gasteiger partial charge in [-0.1, -0.05) is 11.6 Å². The molecule has 0 amide bonds. The van der Waals surface area contributed by atoms with E-state index in [9.17, 15) is 14.0 Å². The molecular weight excluding hydrogens is 255 g/mol. The first-order valence-corrected chi connectivity index (χ1v) is 5.81. The fourth-order valence-corrected chi connectivity index (χ4v) is 1.79. The van der Waals surface area contributed by atoms with Crippen molar-refractivity contribution in [1.29, 1.82) is 0 Å². The summed E-state index contributed by atoms with van der Waals surface area (Å²) in [6.45, 7) is 0. The zero-order valence-corrected chi connectivity index (χ0v) is 9.65. The second kappa shape index (κ2) is 5.86. The summed E-state index contributed by atoms with van der Waals surface area (Å²) < 4.78 is 12.8. The summed E-state index contributed by atoms with van der Waals surface area (Å²) >= 11 is 6.50. The van der Waals surface area contributed by atoms with Crippen LogP contribution in [0.5, 0.6) is 0 Å². The molecule has 86 valence electrons. The SMILES string of the molecule is O=C(O)CSCC(=O)c1ccc(F)c(Cl)c1. The van der Waals surface area contributed by atoms with Gasteiger partial charge in [0.1, 0.15) is 5.82 Å². The van der Waals surface area contributed by atoms with Gasteiger partial charge in [0.2, 0.25) is 0 Å². The number of hydrogen-bond donors (Lipinski definition) is 1. The molecule has 0 heterocycles. The number of aliphatic carboxylic acids is 1. The van der Waals surface area contributed by atoms with Crippen molar-refractivity contribution < 1.29 is 19.1 Å². The Morgan fingerprint density at radius 3 is 2.62 bits per heavy atom. The summed E-state index contributed by atoms with van der Waals surface area (Å²) in [7, 11) is 0. The summed E-state index contributed by atoms with van der Waals surface area (Å²) in [6, 6.07) is 3.67. The zero-order chi connectivity index (χ0) is 12.1. The van der Waals surface area contributed by atoms with Gasteiger partial charge in [-0.3, -0.25) is 9.59 Å². The number of ketones is 1. The molecule has 0 spiro atoms. The topological polar surface area (TPSA) is 54.4 Å². The zero-order valence-electron chi connectivity index (χ0n) is 8.07. The molecule has 0 aromatic heterocycles. The van der Waals surface area contributed by atoms with Crippen LogP contribution in [0.3, 0.4) is 0 Å². The number of Topliss-reactive ketones (excluding diaryl/α,β-unsaturated/α-hetero) is 1. The Bertz CT molecular complexity index is 423. The van der Waals surface area contributed by atoms with Crippen LogP contribution >= 0.6 is 23.4 Å². The number of benzene rings is 1. The van der Waals surface area contributed by atoms with Crippen molar-refractivity contribution in [2.24, 2.45) is 0 Å². The van der Waals surface area contributed by atoms with Gasteiger partial charge in [-0.25, -0.2) is 4.39 Å². The number of hydrogen-bond acceptors (Lipinski definition) is 3. The number of thioether (sulfide) groups is 1. The Morgan fingerprint density at radius 1 is 1.38 bits per heavy atom. The summed E-state index contributed by atoms with van der Waals surface area (Å²) in [4.78, 5) is 21.7. The highest BCUT2D eigenvalue weighted by atomic mass is 35.5. The van der Waals surface area contributed by atoms with Gasteiger partial charge in [0.15, 0.2) is 5.78 Å². The largest absolute Gasteiger partial charge is 0.481 e. The molecule has 1 aromatic rings. The third-order valence-electron chi connectivity index (χ3n) is 1.70. The summed E-state index contributed by atoms with van der Waals surface area (Å²) in [5, 5.41) is 8.26. The fourth-order valence-electron chi connectivity index (χ4n) is 0.984. The second-order valence-corrected chi connectivity index (χ2v) is 4.33. The van der Waals surface area contributed by atoms with Crippen molar-refractivity contribution in [1.82, 2.24) is 0 Å². The van der Waals surface area contributed by atoms with E-state index in [0.717, 1.165) is 17.8 Å². The number of carbonyl (C=O) groups is 2. The Morgan fingerprint density at radius 2 is 2.06 bits per heavy atom. The van der Waals surface area contributed by atoms with E-state index < -0.39 is 11.8 Å². The van der Waals surface area contributed by atoms with E-state index in [1.54, 1.807) is 0 Å². The predicted octanol–water partition coefficient (Wildman–Crippen LogP) is 2.48. The standard InChI is InChI=1S/C10H8ClFO3S/c11-7-3-6(1-2-8(7)12)9(13)4-16-5-10(14)15/h1-3H,4-5H2,(H,14,15). The van der Waals surface area contributed by atoms with E-state index >= 15 is 0 Å². The molecule has 0 aliphatic rings. The van der Waals surface area contributed by atoms with Crippen LogP contribution in [-0.4, -0.2) is 28.4 Å². The maximum Gasteiger partial charge on any atom is 0.313 e. The van der Waals surface area contributed by atoms with Gasteiger partial charge in [0.25, 0.3) is 0 Å². The highest BCUT2D eigenvalue weighted by Crippen LogP contribution is 2.17. The van der Waals surface area contributed by atoms with Gasteiger partial charge in [-0.2, -0.15) is 0 Å². The van der Waals surface area contributed by atoms with Crippen LogP contribution in [0.25, 0.3) is 0 Å². The maximum atomic E-state index is 12.8. The molecule has 0 aliphatic heterocycles. The van der Waals surface area contributed by atoms with Crippen molar-refractivity contribution >= 4 is 35.1 Å². The number of carbonyl (C=O) groups excluding carboxylic acids is 1. The maximum absolute atomic E-state index is 12.8. The molecule has 1 N–H and O–H groups in total. The summed E-state index contributed by atoms with van der Waals surface area (Å²) in [6.07, 6.45) is 0. The Kier molecular flexibility index (Phi) is 4.76. The van der Waals surface area contributed by atoms with Crippen molar-refractivity contribution in [3.63, 3.8) is 0 Å². The van der Waals surface area contributed by atoms with Crippen LogP contribution in [-0.2, 0) is 4.79 Å². The summed E-state index contributed by atoms with van der Waals surface area (Å²) in [5.41, 5.74) is 0.282. The molecular formula is C10H8ClFO3S. The lowest BCUT2D eigenvalue weighted by molar-refractivity contribution is -0.133. The van der Waals surface area contributed by atoms with E-state index in [0.29, 0.717) is 0 Å².